The third-order valence-corrected chi connectivity index (χ3v) is 2.72. The first kappa shape index (κ1) is 9.93. The van der Waals surface area contributed by atoms with Crippen LogP contribution in [0.5, 0.6) is 0 Å². The van der Waals surface area contributed by atoms with E-state index in [2.05, 4.69) is 29.3 Å². The van der Waals surface area contributed by atoms with Crippen molar-refractivity contribution < 1.29 is 0 Å². The molecule has 2 aromatic rings. The van der Waals surface area contributed by atoms with Crippen molar-refractivity contribution in [2.45, 2.75) is 20.4 Å². The summed E-state index contributed by atoms with van der Waals surface area (Å²) < 4.78 is 0. The van der Waals surface area contributed by atoms with Gasteiger partial charge in [0.25, 0.3) is 0 Å². The highest BCUT2D eigenvalue weighted by Gasteiger charge is 2.07. The highest BCUT2D eigenvalue weighted by Crippen LogP contribution is 2.22. The van der Waals surface area contributed by atoms with Gasteiger partial charge in [0.05, 0.1) is 5.69 Å². The fourth-order valence-electron chi connectivity index (χ4n) is 1.56. The maximum absolute atomic E-state index is 5.55. The molecule has 3 nitrogen and oxygen atoms in total. The predicted octanol–water partition coefficient (Wildman–Crippen LogP) is 2.15. The number of aryl methyl sites for hydroxylation is 1. The van der Waals surface area contributed by atoms with Crippen molar-refractivity contribution in [2.24, 2.45) is 5.73 Å². The Bertz CT molecular complexity index is 454. The molecule has 0 unspecified atom stereocenters. The van der Waals surface area contributed by atoms with Gasteiger partial charge >= 0.3 is 0 Å². The van der Waals surface area contributed by atoms with Crippen LogP contribution >= 0.6 is 0 Å². The van der Waals surface area contributed by atoms with E-state index in [1.807, 2.05) is 19.1 Å². The topological polar surface area (TPSA) is 54.7 Å². The molecule has 2 rings (SSSR count). The Kier molecular flexibility index (Phi) is 2.56. The van der Waals surface area contributed by atoms with Crippen LogP contribution in [0.25, 0.3) is 11.3 Å². The van der Waals surface area contributed by atoms with E-state index in [1.54, 1.807) is 0 Å². The molecule has 0 fully saturated rings. The number of nitrogens with one attached hydrogen (secondary N) is 1. The molecule has 1 aromatic carbocycles. The van der Waals surface area contributed by atoms with Crippen LogP contribution in [0, 0.1) is 13.8 Å². The Morgan fingerprint density at radius 1 is 1.20 bits per heavy atom. The molecule has 0 bridgehead atoms. The molecule has 3 N–H and O–H groups in total. The minimum absolute atomic E-state index is 0.582. The number of aromatic amines is 1. The van der Waals surface area contributed by atoms with Gasteiger partial charge in [-0.1, -0.05) is 24.3 Å². The van der Waals surface area contributed by atoms with Gasteiger partial charge in [-0.2, -0.15) is 5.10 Å². The summed E-state index contributed by atoms with van der Waals surface area (Å²) in [4.78, 5) is 0. The zero-order chi connectivity index (χ0) is 10.8. The van der Waals surface area contributed by atoms with Crippen molar-refractivity contribution in [3.63, 3.8) is 0 Å². The predicted molar refractivity (Wildman–Crippen MR) is 61.4 cm³/mol. The van der Waals surface area contributed by atoms with Gasteiger partial charge in [0, 0.05) is 17.8 Å². The lowest BCUT2D eigenvalue weighted by Gasteiger charge is -2.00. The lowest BCUT2D eigenvalue weighted by atomic mass is 10.1. The second kappa shape index (κ2) is 3.87. The maximum Gasteiger partial charge on any atom is 0.0952 e. The zero-order valence-corrected chi connectivity index (χ0v) is 9.04. The minimum atomic E-state index is 0.582. The summed E-state index contributed by atoms with van der Waals surface area (Å²) in [6.07, 6.45) is 0. The van der Waals surface area contributed by atoms with Gasteiger partial charge in [0.15, 0.2) is 0 Å². The van der Waals surface area contributed by atoms with E-state index in [0.717, 1.165) is 22.5 Å². The Hall–Kier alpha value is -1.61. The highest BCUT2D eigenvalue weighted by molar-refractivity contribution is 5.63. The summed E-state index contributed by atoms with van der Waals surface area (Å²) in [6.45, 7) is 4.68. The molecule has 0 spiro atoms. The van der Waals surface area contributed by atoms with E-state index < -0.39 is 0 Å². The van der Waals surface area contributed by atoms with E-state index in [1.165, 1.54) is 5.56 Å². The van der Waals surface area contributed by atoms with Crippen LogP contribution < -0.4 is 5.73 Å². The Morgan fingerprint density at radius 2 is 1.87 bits per heavy atom. The van der Waals surface area contributed by atoms with E-state index in [0.29, 0.717) is 6.54 Å². The first-order valence-corrected chi connectivity index (χ1v) is 5.03. The van der Waals surface area contributed by atoms with Crippen molar-refractivity contribution in [1.82, 2.24) is 10.2 Å². The lowest BCUT2D eigenvalue weighted by Crippen LogP contribution is -1.95. The number of hydrogen-bond acceptors (Lipinski definition) is 2. The maximum atomic E-state index is 5.55. The molecule has 0 aliphatic heterocycles. The first-order valence-electron chi connectivity index (χ1n) is 5.03. The number of hydrogen-bond donors (Lipinski definition) is 2. The van der Waals surface area contributed by atoms with Gasteiger partial charge in [0.2, 0.25) is 0 Å². The molecule has 0 atom stereocenters. The molecule has 0 aliphatic carbocycles. The van der Waals surface area contributed by atoms with Crippen LogP contribution in [0.15, 0.2) is 24.3 Å². The van der Waals surface area contributed by atoms with Crippen molar-refractivity contribution in [1.29, 1.82) is 0 Å². The summed E-state index contributed by atoms with van der Waals surface area (Å²) in [5, 5.41) is 7.27. The number of H-pyrrole nitrogens is 1. The number of aromatic nitrogens is 2. The third-order valence-electron chi connectivity index (χ3n) is 2.72. The number of nitrogens with zero attached hydrogens (tertiary/aromatic N) is 1. The molecule has 0 radical (unpaired) electrons. The standard InChI is InChI=1S/C12H15N3/c1-8-9(2)14-15-12(8)11-5-3-10(7-13)4-6-11/h3-6H,7,13H2,1-2H3,(H,14,15). The SMILES string of the molecule is Cc1[nH]nc(-c2ccc(CN)cc2)c1C. The molecular formula is C12H15N3. The van der Waals surface area contributed by atoms with E-state index in [-0.39, 0.29) is 0 Å². The molecule has 1 aromatic heterocycles. The van der Waals surface area contributed by atoms with Crippen LogP contribution in [-0.2, 0) is 6.54 Å². The molecule has 0 aliphatic rings. The molecule has 3 heteroatoms. The number of benzene rings is 1. The van der Waals surface area contributed by atoms with E-state index in [4.69, 9.17) is 5.73 Å². The van der Waals surface area contributed by atoms with Gasteiger partial charge in [-0.05, 0) is 25.0 Å². The fourth-order valence-corrected chi connectivity index (χ4v) is 1.56. The second-order valence-electron chi connectivity index (χ2n) is 3.72. The number of nitrogens with two attached hydrogens (primary N) is 1. The smallest absolute Gasteiger partial charge is 0.0952 e. The average molecular weight is 201 g/mol. The van der Waals surface area contributed by atoms with Gasteiger partial charge < -0.3 is 5.73 Å². The molecular weight excluding hydrogens is 186 g/mol. The zero-order valence-electron chi connectivity index (χ0n) is 9.04. The van der Waals surface area contributed by atoms with Gasteiger partial charge in [-0.15, -0.1) is 0 Å². The van der Waals surface area contributed by atoms with Gasteiger partial charge in [0.1, 0.15) is 0 Å². The van der Waals surface area contributed by atoms with Crippen molar-refractivity contribution >= 4 is 0 Å². The molecule has 1 heterocycles. The molecule has 0 saturated carbocycles. The first-order chi connectivity index (χ1) is 7.22. The average Bonchev–Trinajstić information content (AvgIpc) is 2.60. The largest absolute Gasteiger partial charge is 0.326 e. The van der Waals surface area contributed by atoms with Gasteiger partial charge in [-0.25, -0.2) is 0 Å². The van der Waals surface area contributed by atoms with Crippen molar-refractivity contribution in [2.75, 3.05) is 0 Å². The highest BCUT2D eigenvalue weighted by atomic mass is 15.1. The van der Waals surface area contributed by atoms with Crippen LogP contribution in [0.1, 0.15) is 16.8 Å². The normalized spacial score (nSPS) is 10.6. The van der Waals surface area contributed by atoms with Crippen molar-refractivity contribution in [3.8, 4) is 11.3 Å². The van der Waals surface area contributed by atoms with E-state index >= 15 is 0 Å². The Morgan fingerprint density at radius 3 is 2.33 bits per heavy atom. The summed E-state index contributed by atoms with van der Waals surface area (Å²) in [7, 11) is 0. The second-order valence-corrected chi connectivity index (χ2v) is 3.72. The van der Waals surface area contributed by atoms with Crippen LogP contribution in [0.2, 0.25) is 0 Å². The van der Waals surface area contributed by atoms with Gasteiger partial charge in [-0.3, -0.25) is 5.10 Å². The quantitative estimate of drug-likeness (QED) is 0.782. The monoisotopic (exact) mass is 201 g/mol. The molecule has 0 amide bonds. The molecule has 78 valence electrons. The van der Waals surface area contributed by atoms with E-state index in [9.17, 15) is 0 Å². The molecule has 15 heavy (non-hydrogen) atoms. The number of rotatable bonds is 2. The summed E-state index contributed by atoms with van der Waals surface area (Å²) >= 11 is 0. The Balaban J connectivity index is 2.41. The lowest BCUT2D eigenvalue weighted by molar-refractivity contribution is 1.05. The van der Waals surface area contributed by atoms with Crippen LogP contribution in [0.3, 0.4) is 0 Å². The summed E-state index contributed by atoms with van der Waals surface area (Å²) in [5.74, 6) is 0. The summed E-state index contributed by atoms with van der Waals surface area (Å²) in [5.41, 5.74) is 11.2. The van der Waals surface area contributed by atoms with Crippen LogP contribution in [-0.4, -0.2) is 10.2 Å². The third kappa shape index (κ3) is 1.78. The Labute approximate surface area is 89.3 Å². The summed E-state index contributed by atoms with van der Waals surface area (Å²) in [6, 6.07) is 8.20. The van der Waals surface area contributed by atoms with Crippen LogP contribution in [0.4, 0.5) is 0 Å². The van der Waals surface area contributed by atoms with Crippen molar-refractivity contribution in [3.05, 3.63) is 41.1 Å². The minimum Gasteiger partial charge on any atom is -0.326 e. The fraction of sp³-hybridized carbons (Fsp3) is 0.250. The molecule has 0 saturated heterocycles.